The van der Waals surface area contributed by atoms with E-state index in [4.69, 9.17) is 4.74 Å². The van der Waals surface area contributed by atoms with Crippen LogP contribution in [0, 0.1) is 20.8 Å². The summed E-state index contributed by atoms with van der Waals surface area (Å²) in [6, 6.07) is 13.0. The van der Waals surface area contributed by atoms with Gasteiger partial charge in [0.1, 0.15) is 18.5 Å². The molecular weight excluding hydrogens is 431 g/mol. The largest absolute Gasteiger partial charge is 0.491 e. The number of aliphatic hydroxyl groups is 1. The highest BCUT2D eigenvalue weighted by Crippen LogP contribution is 2.27. The third kappa shape index (κ3) is 7.57. The SMILES string of the molecule is Cc1ccc(C(C)C)c(OCC(O)CN2CCN(c3ccc(C)c(C)c3)CC2)c1.Cl.Cl. The van der Waals surface area contributed by atoms with Crippen molar-refractivity contribution in [3.05, 3.63) is 58.7 Å². The molecule has 1 aliphatic rings. The lowest BCUT2D eigenvalue weighted by molar-refractivity contribution is 0.0659. The standard InChI is InChI=1S/C25H36N2O2.2ClH/c1-18(2)24-9-6-19(3)14-25(24)29-17-23(28)16-26-10-12-27(13-11-26)22-8-7-20(4)21(5)15-22;;/h6-9,14-15,18,23,28H,10-13,16-17H2,1-5H3;2*1H. The van der Waals surface area contributed by atoms with E-state index in [1.165, 1.54) is 27.9 Å². The molecule has 1 atom stereocenters. The van der Waals surface area contributed by atoms with Gasteiger partial charge >= 0.3 is 0 Å². The maximum absolute atomic E-state index is 10.5. The van der Waals surface area contributed by atoms with Crippen LogP contribution in [0.1, 0.15) is 42.0 Å². The number of aliphatic hydroxyl groups excluding tert-OH is 1. The topological polar surface area (TPSA) is 35.9 Å². The van der Waals surface area contributed by atoms with Crippen LogP contribution in [-0.2, 0) is 0 Å². The van der Waals surface area contributed by atoms with Crippen LogP contribution in [0.5, 0.6) is 5.75 Å². The fourth-order valence-electron chi connectivity index (χ4n) is 3.89. The molecule has 0 radical (unpaired) electrons. The van der Waals surface area contributed by atoms with Gasteiger partial charge in [-0.2, -0.15) is 0 Å². The Kier molecular flexibility index (Phi) is 11.2. The Labute approximate surface area is 200 Å². The molecule has 1 unspecified atom stereocenters. The van der Waals surface area contributed by atoms with Crippen LogP contribution < -0.4 is 9.64 Å². The Morgan fingerprint density at radius 2 is 1.58 bits per heavy atom. The number of ether oxygens (including phenoxy) is 1. The van der Waals surface area contributed by atoms with Crippen molar-refractivity contribution >= 4 is 30.5 Å². The van der Waals surface area contributed by atoms with Crippen molar-refractivity contribution < 1.29 is 9.84 Å². The molecule has 0 aromatic heterocycles. The van der Waals surface area contributed by atoms with Crippen molar-refractivity contribution in [1.82, 2.24) is 4.90 Å². The molecule has 0 saturated carbocycles. The van der Waals surface area contributed by atoms with E-state index < -0.39 is 6.10 Å². The average Bonchev–Trinajstić information content (AvgIpc) is 2.69. The second-order valence-electron chi connectivity index (χ2n) is 8.72. The maximum atomic E-state index is 10.5. The molecule has 2 aromatic rings. The van der Waals surface area contributed by atoms with E-state index in [1.54, 1.807) is 0 Å². The van der Waals surface area contributed by atoms with Gasteiger partial charge in [0.15, 0.2) is 0 Å². The highest BCUT2D eigenvalue weighted by atomic mass is 35.5. The van der Waals surface area contributed by atoms with Gasteiger partial charge in [-0.15, -0.1) is 24.8 Å². The van der Waals surface area contributed by atoms with Crippen LogP contribution in [0.4, 0.5) is 5.69 Å². The second kappa shape index (κ2) is 12.5. The molecule has 1 N–H and O–H groups in total. The number of halogens is 2. The van der Waals surface area contributed by atoms with Gasteiger partial charge in [-0.3, -0.25) is 4.90 Å². The molecule has 1 aliphatic heterocycles. The van der Waals surface area contributed by atoms with Crippen molar-refractivity contribution in [3.8, 4) is 5.75 Å². The molecular formula is C25H38Cl2N2O2. The third-order valence-electron chi connectivity index (χ3n) is 5.92. The lowest BCUT2D eigenvalue weighted by atomic mass is 10.0. The molecule has 1 saturated heterocycles. The number of nitrogens with zero attached hydrogens (tertiary/aromatic N) is 2. The number of rotatable bonds is 7. The van der Waals surface area contributed by atoms with Gasteiger partial charge in [-0.1, -0.05) is 32.0 Å². The molecule has 31 heavy (non-hydrogen) atoms. The molecule has 2 aromatic carbocycles. The van der Waals surface area contributed by atoms with E-state index in [0.717, 1.165) is 31.9 Å². The number of hydrogen-bond acceptors (Lipinski definition) is 4. The summed E-state index contributed by atoms with van der Waals surface area (Å²) < 4.78 is 6.01. The predicted octanol–water partition coefficient (Wildman–Crippen LogP) is 5.14. The highest BCUT2D eigenvalue weighted by molar-refractivity contribution is 5.85. The molecule has 1 heterocycles. The fraction of sp³-hybridized carbons (Fsp3) is 0.520. The molecule has 0 bridgehead atoms. The lowest BCUT2D eigenvalue weighted by Crippen LogP contribution is -2.49. The van der Waals surface area contributed by atoms with Crippen molar-refractivity contribution in [2.75, 3.05) is 44.2 Å². The van der Waals surface area contributed by atoms with Crippen LogP contribution >= 0.6 is 24.8 Å². The van der Waals surface area contributed by atoms with Gasteiger partial charge in [0.05, 0.1) is 0 Å². The minimum Gasteiger partial charge on any atom is -0.491 e. The average molecular weight is 469 g/mol. The zero-order valence-corrected chi connectivity index (χ0v) is 21.1. The van der Waals surface area contributed by atoms with Crippen molar-refractivity contribution in [2.45, 2.75) is 46.6 Å². The summed E-state index contributed by atoms with van der Waals surface area (Å²) in [7, 11) is 0. The fourth-order valence-corrected chi connectivity index (χ4v) is 3.89. The molecule has 3 rings (SSSR count). The Hall–Kier alpha value is -1.46. The van der Waals surface area contributed by atoms with Gasteiger partial charge in [-0.05, 0) is 67.1 Å². The minimum atomic E-state index is -0.483. The van der Waals surface area contributed by atoms with E-state index in [2.05, 4.69) is 80.8 Å². The summed E-state index contributed by atoms with van der Waals surface area (Å²) in [5.74, 6) is 1.31. The molecule has 4 nitrogen and oxygen atoms in total. The first-order valence-corrected chi connectivity index (χ1v) is 10.8. The van der Waals surface area contributed by atoms with Crippen molar-refractivity contribution in [3.63, 3.8) is 0 Å². The molecule has 6 heteroatoms. The number of piperazine rings is 1. The van der Waals surface area contributed by atoms with Crippen LogP contribution in [0.25, 0.3) is 0 Å². The number of anilines is 1. The van der Waals surface area contributed by atoms with Crippen molar-refractivity contribution in [2.24, 2.45) is 0 Å². The third-order valence-corrected chi connectivity index (χ3v) is 5.92. The maximum Gasteiger partial charge on any atom is 0.123 e. The minimum absolute atomic E-state index is 0. The first-order chi connectivity index (χ1) is 13.8. The van der Waals surface area contributed by atoms with Crippen molar-refractivity contribution in [1.29, 1.82) is 0 Å². The Balaban J connectivity index is 0.00000240. The summed E-state index contributed by atoms with van der Waals surface area (Å²) in [6.07, 6.45) is -0.483. The lowest BCUT2D eigenvalue weighted by Gasteiger charge is -2.37. The second-order valence-corrected chi connectivity index (χ2v) is 8.72. The quantitative estimate of drug-likeness (QED) is 0.609. The zero-order valence-electron chi connectivity index (χ0n) is 19.4. The van der Waals surface area contributed by atoms with Gasteiger partial charge in [0.2, 0.25) is 0 Å². The predicted molar refractivity (Wildman–Crippen MR) is 136 cm³/mol. The Morgan fingerprint density at radius 1 is 0.903 bits per heavy atom. The molecule has 0 spiro atoms. The van der Waals surface area contributed by atoms with E-state index in [-0.39, 0.29) is 24.8 Å². The number of β-amino-alcohol motifs (C(OH)–C–C–N with tert-alkyl or cyclic N) is 1. The summed E-state index contributed by atoms with van der Waals surface area (Å²) in [6.45, 7) is 15.6. The number of aryl methyl sites for hydroxylation is 3. The van der Waals surface area contributed by atoms with Gasteiger partial charge in [0, 0.05) is 38.4 Å². The zero-order chi connectivity index (χ0) is 21.0. The molecule has 0 amide bonds. The smallest absolute Gasteiger partial charge is 0.123 e. The monoisotopic (exact) mass is 468 g/mol. The summed E-state index contributed by atoms with van der Waals surface area (Å²) >= 11 is 0. The van der Waals surface area contributed by atoms with E-state index in [0.29, 0.717) is 19.1 Å². The normalized spacial score (nSPS) is 15.3. The van der Waals surface area contributed by atoms with Gasteiger partial charge < -0.3 is 14.7 Å². The summed E-state index contributed by atoms with van der Waals surface area (Å²) in [4.78, 5) is 4.78. The Bertz CT molecular complexity index is 821. The van der Waals surface area contributed by atoms with Crippen LogP contribution in [-0.4, -0.2) is 55.4 Å². The molecule has 174 valence electrons. The van der Waals surface area contributed by atoms with E-state index in [1.807, 2.05) is 0 Å². The number of benzene rings is 2. The highest BCUT2D eigenvalue weighted by Gasteiger charge is 2.20. The van der Waals surface area contributed by atoms with Gasteiger partial charge in [-0.25, -0.2) is 0 Å². The van der Waals surface area contributed by atoms with Crippen LogP contribution in [0.2, 0.25) is 0 Å². The Morgan fingerprint density at radius 3 is 2.19 bits per heavy atom. The van der Waals surface area contributed by atoms with Crippen LogP contribution in [0.15, 0.2) is 36.4 Å². The summed E-state index contributed by atoms with van der Waals surface area (Å²) in [5.41, 5.74) is 6.36. The first kappa shape index (κ1) is 27.6. The van der Waals surface area contributed by atoms with E-state index in [9.17, 15) is 5.11 Å². The van der Waals surface area contributed by atoms with E-state index >= 15 is 0 Å². The first-order valence-electron chi connectivity index (χ1n) is 10.8. The number of hydrogen-bond donors (Lipinski definition) is 1. The summed E-state index contributed by atoms with van der Waals surface area (Å²) in [5, 5.41) is 10.5. The molecule has 0 aliphatic carbocycles. The van der Waals surface area contributed by atoms with Gasteiger partial charge in [0.25, 0.3) is 0 Å². The molecule has 1 fully saturated rings. The van der Waals surface area contributed by atoms with Crippen LogP contribution in [0.3, 0.4) is 0 Å².